The summed E-state index contributed by atoms with van der Waals surface area (Å²) in [5.74, 6) is -1.15. The highest BCUT2D eigenvalue weighted by Gasteiger charge is 2.32. The quantitative estimate of drug-likeness (QED) is 0.680. The molecular weight excluding hydrogens is 270 g/mol. The van der Waals surface area contributed by atoms with E-state index in [1.54, 1.807) is 4.90 Å². The minimum absolute atomic E-state index is 0.0693. The second-order valence-electron chi connectivity index (χ2n) is 5.86. The molecule has 21 heavy (non-hydrogen) atoms. The number of hydrogen-bond acceptors (Lipinski definition) is 4. The molecule has 2 rings (SSSR count). The Kier molecular flexibility index (Phi) is 5.73. The van der Waals surface area contributed by atoms with Gasteiger partial charge in [-0.05, 0) is 19.3 Å². The van der Waals surface area contributed by atoms with Gasteiger partial charge in [-0.25, -0.2) is 0 Å². The highest BCUT2D eigenvalue weighted by Crippen LogP contribution is 2.27. The van der Waals surface area contributed by atoms with E-state index < -0.39 is 11.7 Å². The lowest BCUT2D eigenvalue weighted by Crippen LogP contribution is -2.52. The lowest BCUT2D eigenvalue weighted by Gasteiger charge is -2.34. The van der Waals surface area contributed by atoms with Crippen LogP contribution in [0.25, 0.3) is 0 Å². The fourth-order valence-corrected chi connectivity index (χ4v) is 2.59. The summed E-state index contributed by atoms with van der Waals surface area (Å²) in [5, 5.41) is 2.44. The number of Topliss-reactive ketones (excluding diaryl/α,β-unsaturated/α-hetero) is 1. The minimum Gasteiger partial charge on any atom is -0.340 e. The van der Waals surface area contributed by atoms with Crippen LogP contribution in [-0.2, 0) is 14.4 Å². The van der Waals surface area contributed by atoms with Crippen LogP contribution in [0.1, 0.15) is 39.0 Å². The molecule has 2 amide bonds. The third-order valence-corrected chi connectivity index (χ3v) is 4.14. The number of rotatable bonds is 7. The molecule has 1 aliphatic heterocycles. The molecule has 0 bridgehead atoms. The summed E-state index contributed by atoms with van der Waals surface area (Å²) in [5.41, 5.74) is 0. The first-order chi connectivity index (χ1) is 10.1. The highest BCUT2D eigenvalue weighted by atomic mass is 16.2. The predicted octanol–water partition coefficient (Wildman–Crippen LogP) is 0.169. The maximum Gasteiger partial charge on any atom is 0.287 e. The molecule has 0 unspecified atom stereocenters. The molecular formula is C15H25N3O3. The fourth-order valence-electron chi connectivity index (χ4n) is 2.59. The topological polar surface area (TPSA) is 69.7 Å². The maximum atomic E-state index is 12.0. The van der Waals surface area contributed by atoms with Crippen molar-refractivity contribution in [2.45, 2.75) is 45.1 Å². The van der Waals surface area contributed by atoms with E-state index in [2.05, 4.69) is 10.2 Å². The molecule has 1 aliphatic carbocycles. The maximum absolute atomic E-state index is 12.0. The number of nitrogens with zero attached hydrogens (tertiary/aromatic N) is 2. The van der Waals surface area contributed by atoms with E-state index in [4.69, 9.17) is 0 Å². The molecule has 0 aromatic heterocycles. The molecule has 1 heterocycles. The van der Waals surface area contributed by atoms with Gasteiger partial charge in [0.15, 0.2) is 0 Å². The number of ketones is 1. The molecule has 0 atom stereocenters. The third-order valence-electron chi connectivity index (χ3n) is 4.14. The van der Waals surface area contributed by atoms with Crippen LogP contribution in [0.5, 0.6) is 0 Å². The molecule has 1 N–H and O–H groups in total. The van der Waals surface area contributed by atoms with Gasteiger partial charge in [0.2, 0.25) is 11.7 Å². The number of carbonyl (C=O) groups is 3. The van der Waals surface area contributed by atoms with Crippen LogP contribution >= 0.6 is 0 Å². The van der Waals surface area contributed by atoms with Gasteiger partial charge in [0.25, 0.3) is 5.91 Å². The Morgan fingerprint density at radius 2 is 1.76 bits per heavy atom. The molecule has 1 saturated heterocycles. The monoisotopic (exact) mass is 295 g/mol. The van der Waals surface area contributed by atoms with Gasteiger partial charge in [0.05, 0.1) is 6.54 Å². The first kappa shape index (κ1) is 15.9. The van der Waals surface area contributed by atoms with Crippen LogP contribution < -0.4 is 5.32 Å². The first-order valence-corrected chi connectivity index (χ1v) is 7.94. The Hall–Kier alpha value is -1.43. The second kappa shape index (κ2) is 7.54. The molecule has 118 valence electrons. The van der Waals surface area contributed by atoms with Crippen LogP contribution in [0.3, 0.4) is 0 Å². The van der Waals surface area contributed by atoms with Gasteiger partial charge in [0.1, 0.15) is 0 Å². The van der Waals surface area contributed by atoms with Crippen molar-refractivity contribution in [1.29, 1.82) is 0 Å². The van der Waals surface area contributed by atoms with Gasteiger partial charge in [-0.15, -0.1) is 0 Å². The van der Waals surface area contributed by atoms with Crippen LogP contribution in [0.4, 0.5) is 0 Å². The number of amides is 2. The standard InChI is InChI=1S/C15H25N3O3/c1-2-3-4-13(19)15(21)16-11-14(20)18-9-7-17(8-10-18)12-5-6-12/h12H,2-11H2,1H3,(H,16,21). The average molecular weight is 295 g/mol. The number of nitrogens with one attached hydrogen (secondary N) is 1. The van der Waals surface area contributed by atoms with Crippen molar-refractivity contribution in [1.82, 2.24) is 15.1 Å². The minimum atomic E-state index is -0.631. The van der Waals surface area contributed by atoms with E-state index in [9.17, 15) is 14.4 Å². The average Bonchev–Trinajstić information content (AvgIpc) is 3.34. The molecule has 2 aliphatic rings. The summed E-state index contributed by atoms with van der Waals surface area (Å²) in [6, 6.07) is 0.734. The molecule has 0 spiro atoms. The lowest BCUT2D eigenvalue weighted by molar-refractivity contribution is -0.140. The zero-order valence-corrected chi connectivity index (χ0v) is 12.8. The van der Waals surface area contributed by atoms with E-state index in [-0.39, 0.29) is 18.9 Å². The first-order valence-electron chi connectivity index (χ1n) is 7.94. The summed E-state index contributed by atoms with van der Waals surface area (Å²) >= 11 is 0. The highest BCUT2D eigenvalue weighted by molar-refractivity contribution is 6.36. The van der Waals surface area contributed by atoms with Gasteiger partial charge in [-0.2, -0.15) is 0 Å². The Balaban J connectivity index is 1.65. The Bertz CT molecular complexity index is 399. The van der Waals surface area contributed by atoms with E-state index in [0.29, 0.717) is 6.42 Å². The van der Waals surface area contributed by atoms with Gasteiger partial charge in [0, 0.05) is 38.6 Å². The zero-order valence-electron chi connectivity index (χ0n) is 12.8. The van der Waals surface area contributed by atoms with Crippen LogP contribution in [-0.4, -0.2) is 66.2 Å². The van der Waals surface area contributed by atoms with Gasteiger partial charge in [-0.3, -0.25) is 19.3 Å². The van der Waals surface area contributed by atoms with Crippen molar-refractivity contribution in [2.24, 2.45) is 0 Å². The molecule has 0 aromatic carbocycles. The summed E-state index contributed by atoms with van der Waals surface area (Å²) < 4.78 is 0. The third kappa shape index (κ3) is 4.81. The van der Waals surface area contributed by atoms with Gasteiger partial charge < -0.3 is 10.2 Å². The summed E-state index contributed by atoms with van der Waals surface area (Å²) in [6.07, 6.45) is 4.41. The predicted molar refractivity (Wildman–Crippen MR) is 78.7 cm³/mol. The smallest absolute Gasteiger partial charge is 0.287 e. The van der Waals surface area contributed by atoms with E-state index in [1.165, 1.54) is 12.8 Å². The van der Waals surface area contributed by atoms with E-state index >= 15 is 0 Å². The van der Waals surface area contributed by atoms with Crippen LogP contribution in [0.15, 0.2) is 0 Å². The van der Waals surface area contributed by atoms with Crippen molar-refractivity contribution in [3.05, 3.63) is 0 Å². The Labute approximate surface area is 125 Å². The van der Waals surface area contributed by atoms with Gasteiger partial charge in [-0.1, -0.05) is 13.3 Å². The number of unbranched alkanes of at least 4 members (excludes halogenated alkanes) is 1. The number of carbonyl (C=O) groups excluding carboxylic acids is 3. The SMILES string of the molecule is CCCCC(=O)C(=O)NCC(=O)N1CCN(C2CC2)CC1. The molecule has 6 heteroatoms. The molecule has 0 aromatic rings. The van der Waals surface area contributed by atoms with Crippen molar-refractivity contribution in [3.63, 3.8) is 0 Å². The molecule has 0 radical (unpaired) electrons. The Morgan fingerprint density at radius 1 is 1.10 bits per heavy atom. The van der Waals surface area contributed by atoms with Crippen molar-refractivity contribution in [2.75, 3.05) is 32.7 Å². The normalized spacial score (nSPS) is 19.4. The van der Waals surface area contributed by atoms with Crippen LogP contribution in [0.2, 0.25) is 0 Å². The van der Waals surface area contributed by atoms with Crippen LogP contribution in [0, 0.1) is 0 Å². The lowest BCUT2D eigenvalue weighted by atomic mass is 10.2. The van der Waals surface area contributed by atoms with E-state index in [1.807, 2.05) is 6.92 Å². The molecule has 6 nitrogen and oxygen atoms in total. The zero-order chi connectivity index (χ0) is 15.2. The molecule has 2 fully saturated rings. The summed E-state index contributed by atoms with van der Waals surface area (Å²) in [6.45, 7) is 5.17. The summed E-state index contributed by atoms with van der Waals surface area (Å²) in [4.78, 5) is 39.2. The van der Waals surface area contributed by atoms with Crippen molar-refractivity contribution in [3.8, 4) is 0 Å². The summed E-state index contributed by atoms with van der Waals surface area (Å²) in [7, 11) is 0. The Morgan fingerprint density at radius 3 is 2.33 bits per heavy atom. The van der Waals surface area contributed by atoms with Crippen molar-refractivity contribution < 1.29 is 14.4 Å². The number of hydrogen-bond donors (Lipinski definition) is 1. The van der Waals surface area contributed by atoms with Crippen molar-refractivity contribution >= 4 is 17.6 Å². The largest absolute Gasteiger partial charge is 0.340 e. The second-order valence-corrected chi connectivity index (χ2v) is 5.86. The molecule has 1 saturated carbocycles. The van der Waals surface area contributed by atoms with Gasteiger partial charge >= 0.3 is 0 Å². The number of piperazine rings is 1. The van der Waals surface area contributed by atoms with E-state index in [0.717, 1.165) is 38.6 Å². The fraction of sp³-hybridized carbons (Fsp3) is 0.800.